The zero-order chi connectivity index (χ0) is 19.1. The van der Waals surface area contributed by atoms with E-state index >= 15 is 0 Å². The van der Waals surface area contributed by atoms with Crippen LogP contribution in [0.1, 0.15) is 16.8 Å². The maximum atomic E-state index is 13.9. The molecule has 0 aliphatic carbocycles. The summed E-state index contributed by atoms with van der Waals surface area (Å²) in [5, 5.41) is 4.21. The number of hydrogen-bond acceptors (Lipinski definition) is 5. The van der Waals surface area contributed by atoms with Gasteiger partial charge in [-0.1, -0.05) is 0 Å². The summed E-state index contributed by atoms with van der Waals surface area (Å²) in [6, 6.07) is 3.27. The highest BCUT2D eigenvalue weighted by molar-refractivity contribution is 5.83. The SMILES string of the molecule is Cc1nc2ncnn2c(N2CCN(Cc3cc(F)ccc3F)C(=O)C2)c1C. The van der Waals surface area contributed by atoms with Crippen molar-refractivity contribution in [2.24, 2.45) is 0 Å². The highest BCUT2D eigenvalue weighted by Gasteiger charge is 2.28. The number of fused-ring (bicyclic) bond motifs is 1. The molecule has 0 N–H and O–H groups in total. The first kappa shape index (κ1) is 17.3. The first-order valence-corrected chi connectivity index (χ1v) is 8.57. The first-order valence-electron chi connectivity index (χ1n) is 8.57. The van der Waals surface area contributed by atoms with Crippen LogP contribution in [0.15, 0.2) is 24.5 Å². The maximum Gasteiger partial charge on any atom is 0.254 e. The number of anilines is 1. The average Bonchev–Trinajstić information content (AvgIpc) is 3.08. The standard InChI is InChI=1S/C18H18F2N6O/c1-11-12(2)23-18-21-10-22-26(18)17(11)25-6-5-24(16(27)9-25)8-13-7-14(19)3-4-15(13)20/h3-4,7,10H,5-6,8-9H2,1-2H3. The summed E-state index contributed by atoms with van der Waals surface area (Å²) < 4.78 is 28.9. The Balaban J connectivity index is 1.58. The van der Waals surface area contributed by atoms with Crippen LogP contribution in [-0.2, 0) is 11.3 Å². The van der Waals surface area contributed by atoms with Crippen molar-refractivity contribution in [3.05, 3.63) is 53.0 Å². The highest BCUT2D eigenvalue weighted by atomic mass is 19.1. The van der Waals surface area contributed by atoms with Crippen LogP contribution in [0, 0.1) is 25.5 Å². The van der Waals surface area contributed by atoms with Crippen molar-refractivity contribution in [2.45, 2.75) is 20.4 Å². The molecule has 140 valence electrons. The number of aromatic nitrogens is 4. The molecular weight excluding hydrogens is 354 g/mol. The Hall–Kier alpha value is -3.10. The molecule has 3 heterocycles. The van der Waals surface area contributed by atoms with Crippen LogP contribution < -0.4 is 4.90 Å². The van der Waals surface area contributed by atoms with Gasteiger partial charge >= 0.3 is 0 Å². The van der Waals surface area contributed by atoms with Crippen LogP contribution in [-0.4, -0.2) is 50.0 Å². The molecule has 1 saturated heterocycles. The molecule has 1 amide bonds. The van der Waals surface area contributed by atoms with Crippen molar-refractivity contribution in [3.63, 3.8) is 0 Å². The van der Waals surface area contributed by atoms with Gasteiger partial charge < -0.3 is 9.80 Å². The Labute approximate surface area is 154 Å². The van der Waals surface area contributed by atoms with E-state index in [0.717, 1.165) is 35.3 Å². The summed E-state index contributed by atoms with van der Waals surface area (Å²) >= 11 is 0. The van der Waals surface area contributed by atoms with Gasteiger partial charge in [0.2, 0.25) is 5.91 Å². The van der Waals surface area contributed by atoms with Gasteiger partial charge in [0.05, 0.1) is 6.54 Å². The quantitative estimate of drug-likeness (QED) is 0.702. The predicted octanol–water partition coefficient (Wildman–Crippen LogP) is 1.87. The Bertz CT molecular complexity index is 1030. The van der Waals surface area contributed by atoms with Gasteiger partial charge in [-0.15, -0.1) is 0 Å². The van der Waals surface area contributed by atoms with Crippen molar-refractivity contribution in [3.8, 4) is 0 Å². The molecule has 3 aromatic rings. The van der Waals surface area contributed by atoms with E-state index < -0.39 is 11.6 Å². The van der Waals surface area contributed by atoms with Gasteiger partial charge in [0.15, 0.2) is 0 Å². The average molecular weight is 372 g/mol. The minimum atomic E-state index is -0.519. The smallest absolute Gasteiger partial charge is 0.254 e. The van der Waals surface area contributed by atoms with E-state index in [2.05, 4.69) is 15.1 Å². The lowest BCUT2D eigenvalue weighted by Crippen LogP contribution is -2.50. The van der Waals surface area contributed by atoms with E-state index in [1.54, 1.807) is 4.52 Å². The van der Waals surface area contributed by atoms with Crippen molar-refractivity contribution < 1.29 is 13.6 Å². The Morgan fingerprint density at radius 2 is 2.00 bits per heavy atom. The molecule has 2 aromatic heterocycles. The van der Waals surface area contributed by atoms with Crippen LogP contribution in [0.2, 0.25) is 0 Å². The summed E-state index contributed by atoms with van der Waals surface area (Å²) in [6.07, 6.45) is 1.43. The van der Waals surface area contributed by atoms with Gasteiger partial charge in [-0.2, -0.15) is 14.6 Å². The van der Waals surface area contributed by atoms with Crippen LogP contribution in [0.25, 0.3) is 5.78 Å². The van der Waals surface area contributed by atoms with Gasteiger partial charge in [-0.3, -0.25) is 4.79 Å². The summed E-state index contributed by atoms with van der Waals surface area (Å²) in [7, 11) is 0. The lowest BCUT2D eigenvalue weighted by atomic mass is 10.1. The number of hydrogen-bond donors (Lipinski definition) is 0. The molecule has 0 atom stereocenters. The highest BCUT2D eigenvalue weighted by Crippen LogP contribution is 2.24. The Morgan fingerprint density at radius 3 is 2.78 bits per heavy atom. The van der Waals surface area contributed by atoms with Gasteiger partial charge in [-0.05, 0) is 32.0 Å². The Kier molecular flexibility index (Phi) is 4.21. The summed E-state index contributed by atoms with van der Waals surface area (Å²) in [5.74, 6) is 0.0577. The van der Waals surface area contributed by atoms with Crippen LogP contribution in [0.4, 0.5) is 14.6 Å². The summed E-state index contributed by atoms with van der Waals surface area (Å²) in [5.41, 5.74) is 1.92. The van der Waals surface area contributed by atoms with Crippen molar-refractivity contribution in [1.82, 2.24) is 24.5 Å². The molecule has 9 heteroatoms. The lowest BCUT2D eigenvalue weighted by molar-refractivity contribution is -0.131. The predicted molar refractivity (Wildman–Crippen MR) is 94.2 cm³/mol. The monoisotopic (exact) mass is 372 g/mol. The number of halogens is 2. The molecule has 1 fully saturated rings. The molecule has 1 aliphatic heterocycles. The van der Waals surface area contributed by atoms with Gasteiger partial charge in [-0.25, -0.2) is 13.8 Å². The molecule has 0 spiro atoms. The van der Waals surface area contributed by atoms with Crippen LogP contribution in [0.5, 0.6) is 0 Å². The number of nitrogens with zero attached hydrogens (tertiary/aromatic N) is 6. The Morgan fingerprint density at radius 1 is 1.19 bits per heavy atom. The molecule has 27 heavy (non-hydrogen) atoms. The van der Waals surface area contributed by atoms with E-state index in [-0.39, 0.29) is 24.6 Å². The normalized spacial score (nSPS) is 15.0. The van der Waals surface area contributed by atoms with Crippen molar-refractivity contribution >= 4 is 17.5 Å². The zero-order valence-corrected chi connectivity index (χ0v) is 15.0. The number of rotatable bonds is 3. The number of benzene rings is 1. The fourth-order valence-electron chi connectivity index (χ4n) is 3.31. The minimum absolute atomic E-state index is 0.0450. The third-order valence-corrected chi connectivity index (χ3v) is 4.86. The molecule has 0 saturated carbocycles. The van der Waals surface area contributed by atoms with Crippen molar-refractivity contribution in [2.75, 3.05) is 24.5 Å². The van der Waals surface area contributed by atoms with Crippen molar-refractivity contribution in [1.29, 1.82) is 0 Å². The molecule has 0 unspecified atom stereocenters. The van der Waals surface area contributed by atoms with Crippen LogP contribution >= 0.6 is 0 Å². The van der Waals surface area contributed by atoms with Crippen LogP contribution in [0.3, 0.4) is 0 Å². The molecular formula is C18H18F2N6O. The summed E-state index contributed by atoms with van der Waals surface area (Å²) in [4.78, 5) is 24.6. The molecule has 0 bridgehead atoms. The lowest BCUT2D eigenvalue weighted by Gasteiger charge is -2.36. The largest absolute Gasteiger partial charge is 0.345 e. The third kappa shape index (κ3) is 3.09. The second kappa shape index (κ2) is 6.57. The number of piperazine rings is 1. The number of carbonyl (C=O) groups excluding carboxylic acids is 1. The van der Waals surface area contributed by atoms with Gasteiger partial charge in [0.25, 0.3) is 5.78 Å². The first-order chi connectivity index (χ1) is 12.9. The second-order valence-corrected chi connectivity index (χ2v) is 6.59. The molecule has 4 rings (SSSR count). The summed E-state index contributed by atoms with van der Waals surface area (Å²) in [6.45, 7) is 4.92. The molecule has 1 aromatic carbocycles. The second-order valence-electron chi connectivity index (χ2n) is 6.59. The number of amides is 1. The molecule has 0 radical (unpaired) electrons. The van der Waals surface area contributed by atoms with E-state index in [9.17, 15) is 13.6 Å². The molecule has 1 aliphatic rings. The third-order valence-electron chi connectivity index (χ3n) is 4.86. The fraction of sp³-hybridized carbons (Fsp3) is 0.333. The van der Waals surface area contributed by atoms with E-state index in [0.29, 0.717) is 18.9 Å². The number of carbonyl (C=O) groups is 1. The number of aryl methyl sites for hydroxylation is 1. The fourth-order valence-corrected chi connectivity index (χ4v) is 3.31. The van der Waals surface area contributed by atoms with E-state index in [1.165, 1.54) is 11.2 Å². The van der Waals surface area contributed by atoms with Gasteiger partial charge in [0, 0.05) is 36.5 Å². The van der Waals surface area contributed by atoms with E-state index in [4.69, 9.17) is 0 Å². The van der Waals surface area contributed by atoms with E-state index in [1.807, 2.05) is 18.7 Å². The van der Waals surface area contributed by atoms with Gasteiger partial charge in [0.1, 0.15) is 23.8 Å². The topological polar surface area (TPSA) is 66.6 Å². The minimum Gasteiger partial charge on any atom is -0.345 e. The maximum absolute atomic E-state index is 13.9. The zero-order valence-electron chi connectivity index (χ0n) is 15.0. The molecule has 7 nitrogen and oxygen atoms in total.